The van der Waals surface area contributed by atoms with E-state index in [9.17, 15) is 4.79 Å². The Kier molecular flexibility index (Phi) is 69.5. The van der Waals surface area contributed by atoms with Gasteiger partial charge >= 0.3 is 5.97 Å². The van der Waals surface area contributed by atoms with E-state index in [-0.39, 0.29) is 5.97 Å². The number of rotatable bonds is 51. The lowest BCUT2D eigenvalue weighted by Crippen LogP contribution is -2.09. The van der Waals surface area contributed by atoms with Gasteiger partial charge in [0.1, 0.15) is 0 Å². The molecular formula is C59H122O4. The van der Waals surface area contributed by atoms with E-state index < -0.39 is 0 Å². The molecule has 0 fully saturated rings. The molecule has 0 amide bonds. The van der Waals surface area contributed by atoms with E-state index in [1.54, 1.807) is 7.11 Å². The van der Waals surface area contributed by atoms with Crippen LogP contribution in [0, 0.1) is 5.92 Å². The number of esters is 1. The fourth-order valence-electron chi connectivity index (χ4n) is 8.50. The van der Waals surface area contributed by atoms with Gasteiger partial charge in [-0.05, 0) is 31.6 Å². The third kappa shape index (κ3) is 70.6. The largest absolute Gasteiger partial charge is 0.466 e. The molecule has 1 unspecified atom stereocenters. The molecule has 0 aromatic heterocycles. The molecule has 0 aromatic carbocycles. The van der Waals surface area contributed by atoms with Crippen molar-refractivity contribution in [2.24, 2.45) is 5.92 Å². The number of carbonyl (C=O) groups is 1. The van der Waals surface area contributed by atoms with Gasteiger partial charge < -0.3 is 14.2 Å². The van der Waals surface area contributed by atoms with E-state index in [0.29, 0.717) is 6.61 Å². The molecule has 0 rings (SSSR count). The molecule has 0 aliphatic heterocycles. The quantitative estimate of drug-likeness (QED) is 0.0451. The lowest BCUT2D eigenvalue weighted by molar-refractivity contribution is -0.141. The van der Waals surface area contributed by atoms with Gasteiger partial charge in [-0.1, -0.05) is 304 Å². The second kappa shape index (κ2) is 65.7. The monoisotopic (exact) mass is 895 g/mol. The molecule has 0 aliphatic carbocycles. The predicted octanol–water partition coefficient (Wildman–Crippen LogP) is 20.8. The Balaban J connectivity index is -0.000000858. The van der Waals surface area contributed by atoms with E-state index >= 15 is 0 Å². The van der Waals surface area contributed by atoms with Crippen LogP contribution in [0.15, 0.2) is 0 Å². The lowest BCUT2D eigenvalue weighted by atomic mass is 10.0. The van der Waals surface area contributed by atoms with Crippen molar-refractivity contribution in [3.8, 4) is 0 Å². The molecule has 4 heteroatoms. The van der Waals surface area contributed by atoms with Crippen molar-refractivity contribution >= 4 is 5.97 Å². The van der Waals surface area contributed by atoms with Gasteiger partial charge in [-0.25, -0.2) is 0 Å². The van der Waals surface area contributed by atoms with Crippen LogP contribution in [0.4, 0.5) is 0 Å². The minimum Gasteiger partial charge on any atom is -0.466 e. The summed E-state index contributed by atoms with van der Waals surface area (Å²) in [5.41, 5.74) is 0. The molecule has 0 radical (unpaired) electrons. The number of ether oxygens (including phenoxy) is 3. The van der Waals surface area contributed by atoms with E-state index in [1.165, 1.54) is 296 Å². The van der Waals surface area contributed by atoms with Crippen LogP contribution < -0.4 is 0 Å². The molecule has 382 valence electrons. The molecule has 0 N–H and O–H groups in total. The van der Waals surface area contributed by atoms with Gasteiger partial charge in [0.15, 0.2) is 0 Å². The van der Waals surface area contributed by atoms with Crippen LogP contribution in [0.3, 0.4) is 0 Å². The molecule has 0 aliphatic rings. The summed E-state index contributed by atoms with van der Waals surface area (Å²) in [7, 11) is 1.80. The van der Waals surface area contributed by atoms with Gasteiger partial charge in [0.05, 0.1) is 6.61 Å². The lowest BCUT2D eigenvalue weighted by Gasteiger charge is -2.14. The summed E-state index contributed by atoms with van der Waals surface area (Å²) in [4.78, 5) is 10.6. The van der Waals surface area contributed by atoms with Crippen LogP contribution in [0.2, 0.25) is 0 Å². The fourth-order valence-corrected chi connectivity index (χ4v) is 8.50. The van der Waals surface area contributed by atoms with Crippen LogP contribution in [0.5, 0.6) is 0 Å². The highest BCUT2D eigenvalue weighted by Crippen LogP contribution is 2.17. The number of unbranched alkanes of at least 4 members (excludes halogenated alkanes) is 40. The van der Waals surface area contributed by atoms with Crippen molar-refractivity contribution < 1.29 is 19.0 Å². The molecule has 0 heterocycles. The van der Waals surface area contributed by atoms with Gasteiger partial charge in [0.2, 0.25) is 0 Å². The van der Waals surface area contributed by atoms with E-state index in [4.69, 9.17) is 14.2 Å². The molecule has 4 nitrogen and oxygen atoms in total. The average Bonchev–Trinajstić information content (AvgIpc) is 3.29. The molecule has 0 aromatic rings. The topological polar surface area (TPSA) is 44.8 Å². The average molecular weight is 896 g/mol. The summed E-state index contributed by atoms with van der Waals surface area (Å²) >= 11 is 0. The minimum atomic E-state index is -0.152. The first-order valence-electron chi connectivity index (χ1n) is 29.2. The third-order valence-electron chi connectivity index (χ3n) is 13.0. The standard InChI is InChI=1S/C20H40O2.C20H42O.C19H40O/c1-3-4-5-6-7-8-9-10-11-12-13-14-15-16-17-18-19-22-20(2)21;1-4-7-9-10-11-12-13-14-15-16-18-21-19-20(6-3)17-8-5-2;1-3-4-5-6-7-8-9-10-11-12-13-14-15-16-17-18-19-20-2/h3-19H2,1-2H3;20H,4-19H2,1-3H3;3-19H2,1-2H3. The van der Waals surface area contributed by atoms with Gasteiger partial charge in [0, 0.05) is 33.9 Å². The summed E-state index contributed by atoms with van der Waals surface area (Å²) in [6, 6.07) is 0. The van der Waals surface area contributed by atoms with Crippen molar-refractivity contribution in [2.75, 3.05) is 33.5 Å². The normalized spacial score (nSPS) is 11.5. The van der Waals surface area contributed by atoms with Crippen molar-refractivity contribution in [3.63, 3.8) is 0 Å². The van der Waals surface area contributed by atoms with Crippen LogP contribution in [-0.4, -0.2) is 39.5 Å². The Bertz CT molecular complexity index is 738. The molecule has 0 saturated heterocycles. The van der Waals surface area contributed by atoms with Crippen molar-refractivity contribution in [2.45, 2.75) is 337 Å². The van der Waals surface area contributed by atoms with Gasteiger partial charge in [-0.15, -0.1) is 0 Å². The first-order chi connectivity index (χ1) is 31.0. The second-order valence-electron chi connectivity index (χ2n) is 19.6. The summed E-state index contributed by atoms with van der Waals surface area (Å²) in [5.74, 6) is 0.647. The SMILES string of the molecule is CCCCCCCCCCCCCCCCCCOC.CCCCCCCCCCCCCCCCCCOC(C)=O.CCCCCCCCCCCCOCC(CC)CCCC. The minimum absolute atomic E-state index is 0.152. The zero-order valence-corrected chi connectivity index (χ0v) is 45.1. The fraction of sp³-hybridized carbons (Fsp3) is 0.983. The highest BCUT2D eigenvalue weighted by Gasteiger charge is 2.05. The Labute approximate surface area is 399 Å². The Morgan fingerprint density at radius 3 is 0.841 bits per heavy atom. The molecule has 0 saturated carbocycles. The zero-order valence-electron chi connectivity index (χ0n) is 45.1. The molecule has 63 heavy (non-hydrogen) atoms. The van der Waals surface area contributed by atoms with E-state index in [0.717, 1.165) is 32.2 Å². The predicted molar refractivity (Wildman–Crippen MR) is 284 cm³/mol. The molecular weight excluding hydrogens is 773 g/mol. The van der Waals surface area contributed by atoms with Gasteiger partial charge in [-0.3, -0.25) is 4.79 Å². The van der Waals surface area contributed by atoms with E-state index in [1.807, 2.05) is 0 Å². The summed E-state index contributed by atoms with van der Waals surface area (Å²) in [5, 5.41) is 0. The number of methoxy groups -OCH3 is 1. The number of carbonyl (C=O) groups excluding carboxylic acids is 1. The van der Waals surface area contributed by atoms with Crippen LogP contribution in [-0.2, 0) is 19.0 Å². The third-order valence-corrected chi connectivity index (χ3v) is 13.0. The maximum absolute atomic E-state index is 10.6. The second-order valence-corrected chi connectivity index (χ2v) is 19.6. The van der Waals surface area contributed by atoms with Gasteiger partial charge in [0.25, 0.3) is 0 Å². The smallest absolute Gasteiger partial charge is 0.302 e. The van der Waals surface area contributed by atoms with Crippen molar-refractivity contribution in [3.05, 3.63) is 0 Å². The Morgan fingerprint density at radius 2 is 0.587 bits per heavy atom. The summed E-state index contributed by atoms with van der Waals surface area (Å²) < 4.78 is 15.8. The van der Waals surface area contributed by atoms with Crippen LogP contribution in [0.25, 0.3) is 0 Å². The number of hydrogen-bond donors (Lipinski definition) is 0. The Morgan fingerprint density at radius 1 is 0.333 bits per heavy atom. The first kappa shape index (κ1) is 66.7. The first-order valence-corrected chi connectivity index (χ1v) is 29.2. The van der Waals surface area contributed by atoms with Crippen LogP contribution in [0.1, 0.15) is 337 Å². The van der Waals surface area contributed by atoms with Crippen LogP contribution >= 0.6 is 0 Å². The maximum atomic E-state index is 10.6. The summed E-state index contributed by atoms with van der Waals surface area (Å²) in [6.07, 6.45) is 64.2. The Hall–Kier alpha value is -0.610. The molecule has 1 atom stereocenters. The highest BCUT2D eigenvalue weighted by atomic mass is 16.5. The zero-order chi connectivity index (χ0) is 46.6. The van der Waals surface area contributed by atoms with Crippen molar-refractivity contribution in [1.29, 1.82) is 0 Å². The maximum Gasteiger partial charge on any atom is 0.302 e. The molecule has 0 spiro atoms. The molecule has 0 bridgehead atoms. The van der Waals surface area contributed by atoms with E-state index in [2.05, 4.69) is 34.6 Å². The summed E-state index contributed by atoms with van der Waals surface area (Å²) in [6.45, 7) is 16.4. The highest BCUT2D eigenvalue weighted by molar-refractivity contribution is 5.65. The number of hydrogen-bond acceptors (Lipinski definition) is 4. The van der Waals surface area contributed by atoms with Crippen molar-refractivity contribution in [1.82, 2.24) is 0 Å². The van der Waals surface area contributed by atoms with Gasteiger partial charge in [-0.2, -0.15) is 0 Å².